The molecule has 15 heavy (non-hydrogen) atoms. The molecule has 0 fully saturated rings. The third kappa shape index (κ3) is 6.45. The van der Waals surface area contributed by atoms with Crippen LogP contribution in [0.25, 0.3) is 0 Å². The highest BCUT2D eigenvalue weighted by Gasteiger charge is 2.21. The van der Waals surface area contributed by atoms with Crippen molar-refractivity contribution in [3.8, 4) is 0 Å². The van der Waals surface area contributed by atoms with Crippen LogP contribution in [0.3, 0.4) is 0 Å². The molecule has 0 atom stereocenters. The Hall–Kier alpha value is 0.285. The lowest BCUT2D eigenvalue weighted by atomic mass is 10.3. The van der Waals surface area contributed by atoms with Gasteiger partial charge in [0.05, 0.1) is 0 Å². The summed E-state index contributed by atoms with van der Waals surface area (Å²) in [6.07, 6.45) is 0. The van der Waals surface area contributed by atoms with E-state index in [1.807, 2.05) is 10.9 Å². The second-order valence-corrected chi connectivity index (χ2v) is 4.53. The molecule has 0 spiro atoms. The maximum Gasteiger partial charge on any atom is 0.673 e. The Morgan fingerprint density at radius 2 is 1.60 bits per heavy atom. The summed E-state index contributed by atoms with van der Waals surface area (Å²) in [7, 11) is -6.00. The molecule has 0 N–H and O–H groups in total. The molecule has 1 heterocycles. The van der Waals surface area contributed by atoms with Crippen molar-refractivity contribution in [1.82, 2.24) is 0 Å². The summed E-state index contributed by atoms with van der Waals surface area (Å²) in [5.74, 6) is 0. The van der Waals surface area contributed by atoms with E-state index >= 15 is 0 Å². The van der Waals surface area contributed by atoms with Gasteiger partial charge >= 0.3 is 12.4 Å². The first kappa shape index (κ1) is 15.3. The van der Waals surface area contributed by atoms with Crippen LogP contribution in [0.4, 0.5) is 17.3 Å². The minimum atomic E-state index is -6.00. The molecule has 0 radical (unpaired) electrons. The first-order valence-corrected chi connectivity index (χ1v) is 5.48. The lowest BCUT2D eigenvalue weighted by Gasteiger charge is -1.94. The van der Waals surface area contributed by atoms with Crippen molar-refractivity contribution in [2.75, 3.05) is 0 Å². The SMILES string of the molecule is CC[n+]1sc(Cl)c(Cl)c1Cl.F[B-](F)(F)F. The zero-order chi connectivity index (χ0) is 12.2. The van der Waals surface area contributed by atoms with Gasteiger partial charge in [-0.1, -0.05) is 23.2 Å². The number of aromatic nitrogens is 1. The van der Waals surface area contributed by atoms with Crippen LogP contribution in [-0.4, -0.2) is 7.25 Å². The van der Waals surface area contributed by atoms with Crippen LogP contribution < -0.4 is 3.96 Å². The second-order valence-electron chi connectivity index (χ2n) is 2.16. The van der Waals surface area contributed by atoms with Gasteiger partial charge in [0, 0.05) is 0 Å². The van der Waals surface area contributed by atoms with Crippen LogP contribution in [0.15, 0.2) is 0 Å². The molecule has 1 rings (SSSR count). The second kappa shape index (κ2) is 6.13. The van der Waals surface area contributed by atoms with Crippen LogP contribution in [0.2, 0.25) is 14.5 Å². The molecule has 0 aliphatic rings. The Balaban J connectivity index is 0.000000336. The predicted molar refractivity (Wildman–Crippen MR) is 55.4 cm³/mol. The number of rotatable bonds is 1. The van der Waals surface area contributed by atoms with Gasteiger partial charge in [-0.05, 0) is 18.5 Å². The first-order valence-electron chi connectivity index (χ1n) is 3.57. The highest BCUT2D eigenvalue weighted by molar-refractivity contribution is 7.08. The largest absolute Gasteiger partial charge is 0.673 e. The van der Waals surface area contributed by atoms with Gasteiger partial charge in [-0.15, -0.1) is 3.96 Å². The molecule has 0 unspecified atom stereocenters. The zero-order valence-electron chi connectivity index (χ0n) is 7.29. The normalized spacial score (nSPS) is 10.9. The van der Waals surface area contributed by atoms with E-state index in [9.17, 15) is 17.3 Å². The summed E-state index contributed by atoms with van der Waals surface area (Å²) < 4.78 is 41.4. The molecule has 0 saturated carbocycles. The topological polar surface area (TPSA) is 3.88 Å². The fourth-order valence-corrected chi connectivity index (χ4v) is 2.26. The maximum atomic E-state index is 9.75. The number of hydrogen-bond donors (Lipinski definition) is 0. The minimum absolute atomic E-state index is 0.454. The average Bonchev–Trinajstić information content (AvgIpc) is 2.29. The van der Waals surface area contributed by atoms with Gasteiger partial charge in [-0.2, -0.15) is 0 Å². The summed E-state index contributed by atoms with van der Waals surface area (Å²) in [6, 6.07) is 0. The number of halogens is 7. The monoisotopic (exact) mass is 303 g/mol. The van der Waals surface area contributed by atoms with Crippen molar-refractivity contribution in [3.05, 3.63) is 14.5 Å². The van der Waals surface area contributed by atoms with Crippen LogP contribution in [0.1, 0.15) is 6.92 Å². The lowest BCUT2D eigenvalue weighted by Crippen LogP contribution is -2.27. The average molecular weight is 304 g/mol. The van der Waals surface area contributed by atoms with E-state index in [2.05, 4.69) is 0 Å². The van der Waals surface area contributed by atoms with E-state index in [1.54, 1.807) is 0 Å². The quantitative estimate of drug-likeness (QED) is 0.413. The lowest BCUT2D eigenvalue weighted by molar-refractivity contribution is -0.622. The molecule has 1 nitrogen and oxygen atoms in total. The van der Waals surface area contributed by atoms with Gasteiger partial charge in [0.2, 0.25) is 0 Å². The van der Waals surface area contributed by atoms with E-state index in [1.165, 1.54) is 11.5 Å². The highest BCUT2D eigenvalue weighted by atomic mass is 35.5. The fourth-order valence-electron chi connectivity index (χ4n) is 0.571. The van der Waals surface area contributed by atoms with E-state index < -0.39 is 7.25 Å². The molecule has 0 aromatic carbocycles. The summed E-state index contributed by atoms with van der Waals surface area (Å²) in [4.78, 5) is 0. The van der Waals surface area contributed by atoms with E-state index in [4.69, 9.17) is 34.8 Å². The molecule has 1 aromatic rings. The summed E-state index contributed by atoms with van der Waals surface area (Å²) >= 11 is 18.5. The Kier molecular flexibility index (Phi) is 6.24. The molecule has 0 saturated heterocycles. The minimum Gasteiger partial charge on any atom is -0.418 e. The summed E-state index contributed by atoms with van der Waals surface area (Å²) in [6.45, 7) is 2.78. The third-order valence-electron chi connectivity index (χ3n) is 1.05. The molecule has 10 heteroatoms. The van der Waals surface area contributed by atoms with Crippen molar-refractivity contribution in [3.63, 3.8) is 0 Å². The van der Waals surface area contributed by atoms with Gasteiger partial charge in [0.15, 0.2) is 27.4 Å². The fraction of sp³-hybridized carbons (Fsp3) is 0.400. The number of nitrogens with zero attached hydrogens (tertiary/aromatic N) is 1. The third-order valence-corrected chi connectivity index (χ3v) is 3.64. The molecule has 0 aliphatic carbocycles. The Morgan fingerprint density at radius 3 is 1.73 bits per heavy atom. The predicted octanol–water partition coefficient (Wildman–Crippen LogP) is 4.32. The van der Waals surface area contributed by atoms with Crippen molar-refractivity contribution < 1.29 is 21.2 Å². The Bertz CT molecular complexity index is 323. The number of hydrogen-bond acceptors (Lipinski definition) is 1. The van der Waals surface area contributed by atoms with Gasteiger partial charge in [-0.3, -0.25) is 0 Å². The van der Waals surface area contributed by atoms with Gasteiger partial charge in [0.1, 0.15) is 0 Å². The number of aryl methyl sites for hydroxylation is 1. The van der Waals surface area contributed by atoms with E-state index in [-0.39, 0.29) is 0 Å². The molecule has 0 amide bonds. The smallest absolute Gasteiger partial charge is 0.418 e. The van der Waals surface area contributed by atoms with Crippen LogP contribution in [0.5, 0.6) is 0 Å². The van der Waals surface area contributed by atoms with Crippen LogP contribution in [0, 0.1) is 0 Å². The van der Waals surface area contributed by atoms with E-state index in [0.29, 0.717) is 14.5 Å². The van der Waals surface area contributed by atoms with Crippen molar-refractivity contribution >= 4 is 53.6 Å². The molecule has 1 aromatic heterocycles. The standard InChI is InChI=1S/C5H5Cl3NS.BF4/c1-2-9-4(7)3(6)5(8)10-9;2-1(3,4)5/h2H2,1H3;/q+1;-1. The van der Waals surface area contributed by atoms with Crippen LogP contribution >= 0.6 is 46.3 Å². The van der Waals surface area contributed by atoms with Gasteiger partial charge in [-0.25, -0.2) is 0 Å². The zero-order valence-corrected chi connectivity index (χ0v) is 10.4. The van der Waals surface area contributed by atoms with Crippen molar-refractivity contribution in [2.24, 2.45) is 0 Å². The maximum absolute atomic E-state index is 9.75. The van der Waals surface area contributed by atoms with Gasteiger partial charge < -0.3 is 17.3 Å². The molecule has 0 bridgehead atoms. The van der Waals surface area contributed by atoms with Crippen molar-refractivity contribution in [1.29, 1.82) is 0 Å². The molecular formula is C5H5BCl3F4NS. The first-order chi connectivity index (χ1) is 6.66. The molecule has 88 valence electrons. The molecule has 0 aliphatic heterocycles. The Labute approximate surface area is 103 Å². The summed E-state index contributed by atoms with van der Waals surface area (Å²) in [5, 5.41) is 0.981. The summed E-state index contributed by atoms with van der Waals surface area (Å²) in [5.41, 5.74) is 0. The Morgan fingerprint density at radius 1 is 1.20 bits per heavy atom. The van der Waals surface area contributed by atoms with Crippen molar-refractivity contribution in [2.45, 2.75) is 13.5 Å². The highest BCUT2D eigenvalue weighted by Crippen LogP contribution is 2.30. The molecular weight excluding hydrogens is 299 g/mol. The van der Waals surface area contributed by atoms with Gasteiger partial charge in [0.25, 0.3) is 0 Å². The van der Waals surface area contributed by atoms with E-state index in [0.717, 1.165) is 6.54 Å². The van der Waals surface area contributed by atoms with Crippen LogP contribution in [-0.2, 0) is 6.54 Å².